The largest absolute Gasteiger partial charge is 0.347 e. The maximum Gasteiger partial charge on any atom is 0.0487 e. The van der Waals surface area contributed by atoms with Crippen molar-refractivity contribution in [3.05, 3.63) is 58.4 Å². The number of hydrogen-bond acceptors (Lipinski definition) is 1. The first kappa shape index (κ1) is 11.8. The average Bonchev–Trinajstić information content (AvgIpc) is 2.77. The molecule has 1 atom stereocenters. The van der Waals surface area contributed by atoms with Gasteiger partial charge in [0, 0.05) is 29.5 Å². The third-order valence-corrected chi connectivity index (χ3v) is 4.11. The van der Waals surface area contributed by atoms with Gasteiger partial charge in [-0.05, 0) is 42.5 Å². The van der Waals surface area contributed by atoms with E-state index in [9.17, 15) is 0 Å². The lowest BCUT2D eigenvalue weighted by atomic mass is 9.93. The molecule has 0 saturated carbocycles. The highest BCUT2D eigenvalue weighted by Crippen LogP contribution is 2.29. The van der Waals surface area contributed by atoms with Crippen LogP contribution in [0.25, 0.3) is 0 Å². The summed E-state index contributed by atoms with van der Waals surface area (Å²) in [5.41, 5.74) is 10.0. The summed E-state index contributed by atoms with van der Waals surface area (Å²) in [6.45, 7) is 0.835. The number of fused-ring (bicyclic) bond motifs is 1. The minimum Gasteiger partial charge on any atom is -0.347 e. The van der Waals surface area contributed by atoms with Crippen molar-refractivity contribution in [2.75, 3.05) is 0 Å². The van der Waals surface area contributed by atoms with E-state index in [0.29, 0.717) is 0 Å². The number of aromatic nitrogens is 1. The van der Waals surface area contributed by atoms with E-state index in [0.717, 1.165) is 30.0 Å². The Balaban J connectivity index is 1.92. The first-order chi connectivity index (χ1) is 8.75. The molecule has 1 aliphatic carbocycles. The van der Waals surface area contributed by atoms with E-state index in [2.05, 4.69) is 22.9 Å². The van der Waals surface area contributed by atoms with Crippen LogP contribution in [0.5, 0.6) is 0 Å². The molecule has 3 heteroatoms. The van der Waals surface area contributed by atoms with Gasteiger partial charge in [-0.2, -0.15) is 0 Å². The van der Waals surface area contributed by atoms with Gasteiger partial charge in [0.1, 0.15) is 0 Å². The van der Waals surface area contributed by atoms with Crippen LogP contribution in [0, 0.1) is 0 Å². The Bertz CT molecular complexity index is 559. The monoisotopic (exact) mass is 260 g/mol. The molecule has 94 valence electrons. The second-order valence-electron chi connectivity index (χ2n) is 4.94. The Morgan fingerprint density at radius 1 is 1.28 bits per heavy atom. The molecule has 18 heavy (non-hydrogen) atoms. The summed E-state index contributed by atoms with van der Waals surface area (Å²) in [6, 6.07) is 10.4. The second-order valence-corrected chi connectivity index (χ2v) is 5.34. The zero-order chi connectivity index (χ0) is 12.5. The molecule has 1 aromatic heterocycles. The molecular formula is C15H17ClN2. The second kappa shape index (κ2) is 4.79. The Kier molecular flexibility index (Phi) is 3.14. The van der Waals surface area contributed by atoms with Crippen molar-refractivity contribution in [2.24, 2.45) is 5.73 Å². The molecule has 0 radical (unpaired) electrons. The quantitative estimate of drug-likeness (QED) is 0.880. The smallest absolute Gasteiger partial charge is 0.0487 e. The Labute approximate surface area is 112 Å². The molecule has 0 saturated heterocycles. The molecule has 1 aromatic carbocycles. The minimum atomic E-state index is 0.209. The molecular weight excluding hydrogens is 244 g/mol. The summed E-state index contributed by atoms with van der Waals surface area (Å²) in [7, 11) is 0. The Hall–Kier alpha value is -1.25. The number of nitrogens with two attached hydrogens (primary N) is 1. The SMILES string of the molecule is NC1CCCc2c1ccn2Cc1ccccc1Cl. The summed E-state index contributed by atoms with van der Waals surface area (Å²) >= 11 is 6.21. The number of hydrogen-bond donors (Lipinski definition) is 1. The van der Waals surface area contributed by atoms with Gasteiger partial charge < -0.3 is 10.3 Å². The van der Waals surface area contributed by atoms with E-state index in [4.69, 9.17) is 17.3 Å². The highest BCUT2D eigenvalue weighted by atomic mass is 35.5. The zero-order valence-corrected chi connectivity index (χ0v) is 11.0. The molecule has 0 fully saturated rings. The van der Waals surface area contributed by atoms with Crippen LogP contribution in [0.3, 0.4) is 0 Å². The predicted octanol–water partition coefficient (Wildman–Crippen LogP) is 3.53. The van der Waals surface area contributed by atoms with E-state index in [1.807, 2.05) is 18.2 Å². The molecule has 1 heterocycles. The average molecular weight is 261 g/mol. The standard InChI is InChI=1S/C15H17ClN2/c16-13-5-2-1-4-11(13)10-18-9-8-12-14(17)6-3-7-15(12)18/h1-2,4-5,8-9,14H,3,6-7,10,17H2. The van der Waals surface area contributed by atoms with Gasteiger partial charge in [0.15, 0.2) is 0 Å². The van der Waals surface area contributed by atoms with Crippen LogP contribution in [-0.2, 0) is 13.0 Å². The molecule has 2 aromatic rings. The lowest BCUT2D eigenvalue weighted by Crippen LogP contribution is -2.18. The number of nitrogens with zero attached hydrogens (tertiary/aromatic N) is 1. The molecule has 0 aliphatic heterocycles. The highest BCUT2D eigenvalue weighted by Gasteiger charge is 2.20. The van der Waals surface area contributed by atoms with Crippen molar-refractivity contribution in [3.8, 4) is 0 Å². The van der Waals surface area contributed by atoms with Gasteiger partial charge in [0.2, 0.25) is 0 Å². The summed E-state index contributed by atoms with van der Waals surface area (Å²) in [4.78, 5) is 0. The third-order valence-electron chi connectivity index (χ3n) is 3.74. The lowest BCUT2D eigenvalue weighted by molar-refractivity contribution is 0.548. The van der Waals surface area contributed by atoms with Crippen molar-refractivity contribution in [2.45, 2.75) is 31.8 Å². The highest BCUT2D eigenvalue weighted by molar-refractivity contribution is 6.31. The summed E-state index contributed by atoms with van der Waals surface area (Å²) in [5, 5.41) is 0.833. The van der Waals surface area contributed by atoms with Gasteiger partial charge in [0.05, 0.1) is 0 Å². The topological polar surface area (TPSA) is 30.9 Å². The molecule has 2 N–H and O–H groups in total. The van der Waals surface area contributed by atoms with Crippen LogP contribution in [0.15, 0.2) is 36.5 Å². The molecule has 0 bridgehead atoms. The molecule has 1 unspecified atom stereocenters. The van der Waals surface area contributed by atoms with Crippen molar-refractivity contribution in [1.82, 2.24) is 4.57 Å². The van der Waals surface area contributed by atoms with Gasteiger partial charge in [-0.3, -0.25) is 0 Å². The molecule has 0 spiro atoms. The van der Waals surface area contributed by atoms with Gasteiger partial charge in [-0.25, -0.2) is 0 Å². The predicted molar refractivity (Wildman–Crippen MR) is 74.9 cm³/mol. The molecule has 0 amide bonds. The normalized spacial score (nSPS) is 18.7. The van der Waals surface area contributed by atoms with Crippen molar-refractivity contribution in [3.63, 3.8) is 0 Å². The fraction of sp³-hybridized carbons (Fsp3) is 0.333. The molecule has 3 rings (SSSR count). The van der Waals surface area contributed by atoms with Crippen molar-refractivity contribution < 1.29 is 0 Å². The van der Waals surface area contributed by atoms with Gasteiger partial charge in [0.25, 0.3) is 0 Å². The van der Waals surface area contributed by atoms with Gasteiger partial charge >= 0.3 is 0 Å². The van der Waals surface area contributed by atoms with E-state index in [-0.39, 0.29) is 6.04 Å². The van der Waals surface area contributed by atoms with E-state index >= 15 is 0 Å². The van der Waals surface area contributed by atoms with E-state index in [1.54, 1.807) is 0 Å². The van der Waals surface area contributed by atoms with Crippen LogP contribution >= 0.6 is 11.6 Å². The molecule has 2 nitrogen and oxygen atoms in total. The fourth-order valence-electron chi connectivity index (χ4n) is 2.75. The van der Waals surface area contributed by atoms with Gasteiger partial charge in [-0.1, -0.05) is 29.8 Å². The Morgan fingerprint density at radius 3 is 2.94 bits per heavy atom. The first-order valence-corrected chi connectivity index (χ1v) is 6.80. The van der Waals surface area contributed by atoms with Gasteiger partial charge in [-0.15, -0.1) is 0 Å². The van der Waals surface area contributed by atoms with E-state index in [1.165, 1.54) is 17.7 Å². The lowest BCUT2D eigenvalue weighted by Gasteiger charge is -2.21. The zero-order valence-electron chi connectivity index (χ0n) is 10.3. The Morgan fingerprint density at radius 2 is 2.11 bits per heavy atom. The van der Waals surface area contributed by atoms with Crippen LogP contribution in [-0.4, -0.2) is 4.57 Å². The number of rotatable bonds is 2. The third kappa shape index (κ3) is 2.06. The number of benzene rings is 1. The summed E-state index contributed by atoms with van der Waals surface area (Å²) < 4.78 is 2.29. The van der Waals surface area contributed by atoms with Crippen LogP contribution in [0.2, 0.25) is 5.02 Å². The summed E-state index contributed by atoms with van der Waals surface area (Å²) in [6.07, 6.45) is 5.55. The maximum absolute atomic E-state index is 6.21. The van der Waals surface area contributed by atoms with Crippen LogP contribution < -0.4 is 5.73 Å². The van der Waals surface area contributed by atoms with Crippen molar-refractivity contribution >= 4 is 11.6 Å². The fourth-order valence-corrected chi connectivity index (χ4v) is 2.95. The van der Waals surface area contributed by atoms with Crippen LogP contribution in [0.1, 0.15) is 35.7 Å². The molecule has 1 aliphatic rings. The van der Waals surface area contributed by atoms with Crippen molar-refractivity contribution in [1.29, 1.82) is 0 Å². The van der Waals surface area contributed by atoms with Crippen LogP contribution in [0.4, 0.5) is 0 Å². The maximum atomic E-state index is 6.21. The number of halogens is 1. The summed E-state index contributed by atoms with van der Waals surface area (Å²) in [5.74, 6) is 0. The minimum absolute atomic E-state index is 0.209. The van der Waals surface area contributed by atoms with E-state index < -0.39 is 0 Å². The first-order valence-electron chi connectivity index (χ1n) is 6.42.